The smallest absolute Gasteiger partial charge is 0.377 e. The quantitative estimate of drug-likeness (QED) is 0.715. The first kappa shape index (κ1) is 15.7. The van der Waals surface area contributed by atoms with Crippen LogP contribution in [0.1, 0.15) is 26.7 Å². The average molecular weight is 268 g/mol. The van der Waals surface area contributed by atoms with Crippen LogP contribution in [0.3, 0.4) is 0 Å². The summed E-state index contributed by atoms with van der Waals surface area (Å²) < 4.78 is 42.4. The standard InChI is InChI=1S/C12H23F3N2O/c1-10(2)17(9-12(13,14)15)6-5-16-8-11-4-3-7-18-11/h10-11,16H,3-9H2,1-2H3. The molecule has 1 saturated heterocycles. The maximum absolute atomic E-state index is 12.3. The van der Waals surface area contributed by atoms with E-state index in [4.69, 9.17) is 4.74 Å². The minimum atomic E-state index is -4.13. The highest BCUT2D eigenvalue weighted by Gasteiger charge is 2.31. The number of nitrogens with one attached hydrogen (secondary N) is 1. The van der Waals surface area contributed by atoms with Crippen LogP contribution in [-0.2, 0) is 4.74 Å². The Morgan fingerprint density at radius 3 is 2.61 bits per heavy atom. The monoisotopic (exact) mass is 268 g/mol. The van der Waals surface area contributed by atoms with Crippen molar-refractivity contribution in [3.63, 3.8) is 0 Å². The van der Waals surface area contributed by atoms with E-state index >= 15 is 0 Å². The summed E-state index contributed by atoms with van der Waals surface area (Å²) in [5, 5.41) is 3.16. The molecule has 1 atom stereocenters. The first-order valence-electron chi connectivity index (χ1n) is 6.51. The third-order valence-corrected chi connectivity index (χ3v) is 3.08. The van der Waals surface area contributed by atoms with Crippen molar-refractivity contribution in [1.29, 1.82) is 0 Å². The van der Waals surface area contributed by atoms with Crippen molar-refractivity contribution in [2.75, 3.05) is 32.8 Å². The Labute approximate surface area is 107 Å². The summed E-state index contributed by atoms with van der Waals surface area (Å²) in [5.41, 5.74) is 0. The van der Waals surface area contributed by atoms with Gasteiger partial charge in [0.05, 0.1) is 12.6 Å². The Hall–Kier alpha value is -0.330. The van der Waals surface area contributed by atoms with E-state index < -0.39 is 12.7 Å². The SMILES string of the molecule is CC(C)N(CCNCC1CCCO1)CC(F)(F)F. The number of rotatable bonds is 7. The molecule has 1 aliphatic heterocycles. The van der Waals surface area contributed by atoms with Gasteiger partial charge in [-0.25, -0.2) is 0 Å². The molecule has 0 aromatic heterocycles. The van der Waals surface area contributed by atoms with Crippen LogP contribution in [0.2, 0.25) is 0 Å². The molecule has 0 radical (unpaired) electrons. The van der Waals surface area contributed by atoms with Gasteiger partial charge in [0, 0.05) is 32.3 Å². The van der Waals surface area contributed by atoms with Crippen LogP contribution in [0, 0.1) is 0 Å². The molecule has 0 bridgehead atoms. The van der Waals surface area contributed by atoms with Crippen molar-refractivity contribution in [2.45, 2.75) is 45.0 Å². The van der Waals surface area contributed by atoms with Gasteiger partial charge in [-0.15, -0.1) is 0 Å². The molecule has 0 saturated carbocycles. The lowest BCUT2D eigenvalue weighted by atomic mass is 10.2. The predicted octanol–water partition coefficient (Wildman–Crippen LogP) is 2.03. The third-order valence-electron chi connectivity index (χ3n) is 3.08. The lowest BCUT2D eigenvalue weighted by molar-refractivity contribution is -0.149. The zero-order chi connectivity index (χ0) is 13.6. The first-order valence-corrected chi connectivity index (χ1v) is 6.51. The fourth-order valence-electron chi connectivity index (χ4n) is 2.04. The second-order valence-corrected chi connectivity index (χ2v) is 5.02. The maximum atomic E-state index is 12.3. The summed E-state index contributed by atoms with van der Waals surface area (Å²) in [5.74, 6) is 0. The van der Waals surface area contributed by atoms with E-state index in [9.17, 15) is 13.2 Å². The highest BCUT2D eigenvalue weighted by Crippen LogP contribution is 2.17. The highest BCUT2D eigenvalue weighted by atomic mass is 19.4. The number of hydrogen-bond donors (Lipinski definition) is 1. The Kier molecular flexibility index (Phi) is 6.38. The van der Waals surface area contributed by atoms with Gasteiger partial charge in [0.25, 0.3) is 0 Å². The largest absolute Gasteiger partial charge is 0.401 e. The predicted molar refractivity (Wildman–Crippen MR) is 64.6 cm³/mol. The van der Waals surface area contributed by atoms with Crippen LogP contribution in [0.5, 0.6) is 0 Å². The summed E-state index contributed by atoms with van der Waals surface area (Å²) in [7, 11) is 0. The van der Waals surface area contributed by atoms with E-state index in [0.29, 0.717) is 13.1 Å². The summed E-state index contributed by atoms with van der Waals surface area (Å²) in [6.45, 7) is 5.23. The Morgan fingerprint density at radius 1 is 1.39 bits per heavy atom. The molecule has 1 fully saturated rings. The summed E-state index contributed by atoms with van der Waals surface area (Å²) in [6.07, 6.45) is -1.76. The normalized spacial score (nSPS) is 21.2. The van der Waals surface area contributed by atoms with Crippen LogP contribution >= 0.6 is 0 Å². The van der Waals surface area contributed by atoms with Gasteiger partial charge in [-0.3, -0.25) is 4.90 Å². The van der Waals surface area contributed by atoms with Crippen molar-refractivity contribution in [3.8, 4) is 0 Å². The van der Waals surface area contributed by atoms with E-state index in [1.165, 1.54) is 4.90 Å². The number of nitrogens with zero attached hydrogens (tertiary/aromatic N) is 1. The van der Waals surface area contributed by atoms with Crippen LogP contribution in [0.4, 0.5) is 13.2 Å². The molecule has 0 aromatic carbocycles. The number of ether oxygens (including phenoxy) is 1. The number of hydrogen-bond acceptors (Lipinski definition) is 3. The highest BCUT2D eigenvalue weighted by molar-refractivity contribution is 4.71. The van der Waals surface area contributed by atoms with Gasteiger partial charge in [0.1, 0.15) is 0 Å². The second-order valence-electron chi connectivity index (χ2n) is 5.02. The van der Waals surface area contributed by atoms with Crippen LogP contribution < -0.4 is 5.32 Å². The topological polar surface area (TPSA) is 24.5 Å². The summed E-state index contributed by atoms with van der Waals surface area (Å²) in [4.78, 5) is 1.43. The number of halogens is 3. The fourth-order valence-corrected chi connectivity index (χ4v) is 2.04. The van der Waals surface area contributed by atoms with E-state index in [-0.39, 0.29) is 12.1 Å². The average Bonchev–Trinajstić information content (AvgIpc) is 2.73. The molecule has 1 aliphatic rings. The molecule has 1 N–H and O–H groups in total. The minimum absolute atomic E-state index is 0.101. The molecule has 3 nitrogen and oxygen atoms in total. The van der Waals surface area contributed by atoms with Crippen LogP contribution in [0.25, 0.3) is 0 Å². The van der Waals surface area contributed by atoms with Gasteiger partial charge in [0.2, 0.25) is 0 Å². The van der Waals surface area contributed by atoms with Crippen LogP contribution in [-0.4, -0.2) is 56.0 Å². The minimum Gasteiger partial charge on any atom is -0.377 e. The van der Waals surface area contributed by atoms with Gasteiger partial charge in [-0.1, -0.05) is 0 Å². The zero-order valence-electron chi connectivity index (χ0n) is 11.1. The zero-order valence-corrected chi connectivity index (χ0v) is 11.1. The van der Waals surface area contributed by atoms with Gasteiger partial charge in [0.15, 0.2) is 0 Å². The van der Waals surface area contributed by atoms with E-state index in [1.54, 1.807) is 13.8 Å². The van der Waals surface area contributed by atoms with Crippen molar-refractivity contribution in [3.05, 3.63) is 0 Å². The molecule has 18 heavy (non-hydrogen) atoms. The summed E-state index contributed by atoms with van der Waals surface area (Å²) >= 11 is 0. The molecule has 1 unspecified atom stereocenters. The molecule has 0 amide bonds. The Bertz CT molecular complexity index is 228. The van der Waals surface area contributed by atoms with Crippen molar-refractivity contribution >= 4 is 0 Å². The molecular formula is C12H23F3N2O. The Balaban J connectivity index is 2.16. The van der Waals surface area contributed by atoms with Crippen molar-refractivity contribution in [2.24, 2.45) is 0 Å². The second kappa shape index (κ2) is 7.31. The van der Waals surface area contributed by atoms with Crippen molar-refractivity contribution in [1.82, 2.24) is 10.2 Å². The van der Waals surface area contributed by atoms with Crippen molar-refractivity contribution < 1.29 is 17.9 Å². The molecule has 0 spiro atoms. The molecule has 1 heterocycles. The molecular weight excluding hydrogens is 245 g/mol. The van der Waals surface area contributed by atoms with Gasteiger partial charge >= 0.3 is 6.18 Å². The fraction of sp³-hybridized carbons (Fsp3) is 1.00. The molecule has 0 aliphatic carbocycles. The molecule has 6 heteroatoms. The summed E-state index contributed by atoms with van der Waals surface area (Å²) in [6, 6.07) is -0.101. The van der Waals surface area contributed by atoms with Crippen LogP contribution in [0.15, 0.2) is 0 Å². The van der Waals surface area contributed by atoms with Gasteiger partial charge < -0.3 is 10.1 Å². The third kappa shape index (κ3) is 6.56. The first-order chi connectivity index (χ1) is 8.38. The molecule has 108 valence electrons. The lowest BCUT2D eigenvalue weighted by Gasteiger charge is -2.27. The van der Waals surface area contributed by atoms with E-state index in [2.05, 4.69) is 5.32 Å². The van der Waals surface area contributed by atoms with Gasteiger partial charge in [-0.2, -0.15) is 13.2 Å². The molecule has 1 rings (SSSR count). The lowest BCUT2D eigenvalue weighted by Crippen LogP contribution is -2.43. The Morgan fingerprint density at radius 2 is 2.11 bits per heavy atom. The molecule has 0 aromatic rings. The number of alkyl halides is 3. The van der Waals surface area contributed by atoms with E-state index in [0.717, 1.165) is 26.0 Å². The van der Waals surface area contributed by atoms with Gasteiger partial charge in [-0.05, 0) is 26.7 Å². The maximum Gasteiger partial charge on any atom is 0.401 e. The van der Waals surface area contributed by atoms with E-state index in [1.807, 2.05) is 0 Å².